The van der Waals surface area contributed by atoms with Gasteiger partial charge in [0.1, 0.15) is 0 Å². The second kappa shape index (κ2) is 6.21. The van der Waals surface area contributed by atoms with Crippen LogP contribution in [0.4, 0.5) is 0 Å². The molecule has 0 aliphatic heterocycles. The van der Waals surface area contributed by atoms with Gasteiger partial charge in [0.25, 0.3) is 0 Å². The van der Waals surface area contributed by atoms with Gasteiger partial charge < -0.3 is 0 Å². The quantitative estimate of drug-likeness (QED) is 0.533. The molecule has 0 N–H and O–H groups in total. The molecule has 0 aromatic carbocycles. The van der Waals surface area contributed by atoms with Crippen LogP contribution in [0.1, 0.15) is 26.2 Å². The first-order valence-electron chi connectivity index (χ1n) is 3.37. The molecule has 0 aromatic heterocycles. The molecule has 0 aliphatic carbocycles. The molecule has 0 heterocycles. The van der Waals surface area contributed by atoms with Gasteiger partial charge in [-0.3, -0.25) is 0 Å². The van der Waals surface area contributed by atoms with Gasteiger partial charge in [0, 0.05) is 5.25 Å². The molecule has 0 amide bonds. The summed E-state index contributed by atoms with van der Waals surface area (Å²) in [5.41, 5.74) is 0. The van der Waals surface area contributed by atoms with E-state index in [2.05, 4.69) is 13.2 Å². The van der Waals surface area contributed by atoms with Crippen LogP contribution in [0.15, 0.2) is 6.08 Å². The zero-order valence-corrected chi connectivity index (χ0v) is 7.08. The summed E-state index contributed by atoms with van der Waals surface area (Å²) in [5.74, 6) is 0. The molecule has 0 rings (SSSR count). The number of hydrogen-bond acceptors (Lipinski definition) is 1. The summed E-state index contributed by atoms with van der Waals surface area (Å²) in [6.45, 7) is 7.48. The Morgan fingerprint density at radius 3 is 2.78 bits per heavy atom. The average molecular weight is 143 g/mol. The molecule has 1 heteroatoms. The fourth-order valence-corrected chi connectivity index (χ4v) is 1.04. The first-order chi connectivity index (χ1) is 4.31. The lowest BCUT2D eigenvalue weighted by molar-refractivity contribution is 0.743. The molecule has 0 fully saturated rings. The normalized spacial score (nSPS) is 13.1. The Bertz CT molecular complexity index is 69.0. The van der Waals surface area contributed by atoms with Crippen molar-refractivity contribution in [3.63, 3.8) is 0 Å². The van der Waals surface area contributed by atoms with Gasteiger partial charge in [0.15, 0.2) is 0 Å². The number of rotatable bonds is 5. The summed E-state index contributed by atoms with van der Waals surface area (Å²) in [4.78, 5) is 0. The number of allylic oxidation sites excluding steroid dienone is 1. The Morgan fingerprint density at radius 1 is 1.67 bits per heavy atom. The minimum absolute atomic E-state index is 0.796. The maximum Gasteiger partial charge on any atom is 0.00160 e. The standard InChI is InChI=1S/C8H15S/c1-4-5-6-7-8(2)9-3/h1,4,8H,5-7H2,2-3H3. The number of thioether (sulfide) groups is 1. The molecule has 0 aliphatic rings. The summed E-state index contributed by atoms with van der Waals surface area (Å²) in [6.07, 6.45) is 7.47. The highest BCUT2D eigenvalue weighted by Gasteiger charge is 1.95. The molecule has 0 spiro atoms. The number of unbranched alkanes of at least 4 members (excludes halogenated alkanes) is 1. The van der Waals surface area contributed by atoms with E-state index in [0.717, 1.165) is 11.7 Å². The molecular weight excluding hydrogens is 128 g/mol. The monoisotopic (exact) mass is 143 g/mol. The van der Waals surface area contributed by atoms with Gasteiger partial charge in [-0.05, 0) is 25.5 Å². The summed E-state index contributed by atoms with van der Waals surface area (Å²) < 4.78 is 0. The van der Waals surface area contributed by atoms with E-state index in [4.69, 9.17) is 6.58 Å². The lowest BCUT2D eigenvalue weighted by Crippen LogP contribution is -1.92. The van der Waals surface area contributed by atoms with E-state index in [9.17, 15) is 0 Å². The Hall–Kier alpha value is 0.0900. The minimum Gasteiger partial charge on any atom is -0.162 e. The van der Waals surface area contributed by atoms with Crippen LogP contribution in [0.2, 0.25) is 0 Å². The highest BCUT2D eigenvalue weighted by molar-refractivity contribution is 7.99. The summed E-state index contributed by atoms with van der Waals surface area (Å²) in [5, 5.41) is 0.796. The van der Waals surface area contributed by atoms with E-state index in [1.165, 1.54) is 12.8 Å². The van der Waals surface area contributed by atoms with Crippen molar-refractivity contribution in [2.24, 2.45) is 0 Å². The fourth-order valence-electron chi connectivity index (χ4n) is 0.641. The molecule has 0 aromatic rings. The van der Waals surface area contributed by atoms with Gasteiger partial charge in [0.05, 0.1) is 0 Å². The zero-order valence-electron chi connectivity index (χ0n) is 6.26. The second-order valence-electron chi connectivity index (χ2n) is 2.21. The Labute approximate surface area is 62.7 Å². The van der Waals surface area contributed by atoms with Crippen LogP contribution in [0.5, 0.6) is 0 Å². The minimum atomic E-state index is 0.796. The molecule has 0 saturated heterocycles. The lowest BCUT2D eigenvalue weighted by Gasteiger charge is -2.04. The molecule has 9 heavy (non-hydrogen) atoms. The van der Waals surface area contributed by atoms with Crippen LogP contribution in [0.3, 0.4) is 0 Å². The van der Waals surface area contributed by atoms with Crippen molar-refractivity contribution in [2.45, 2.75) is 31.4 Å². The van der Waals surface area contributed by atoms with Crippen molar-refractivity contribution in [3.8, 4) is 0 Å². The lowest BCUT2D eigenvalue weighted by atomic mass is 10.2. The molecule has 1 radical (unpaired) electrons. The zero-order chi connectivity index (χ0) is 7.11. The molecule has 53 valence electrons. The second-order valence-corrected chi connectivity index (χ2v) is 3.49. The van der Waals surface area contributed by atoms with Gasteiger partial charge in [-0.25, -0.2) is 0 Å². The van der Waals surface area contributed by atoms with Crippen LogP contribution in [0, 0.1) is 6.58 Å². The molecular formula is C8H15S. The molecule has 0 saturated carbocycles. The predicted molar refractivity (Wildman–Crippen MR) is 45.7 cm³/mol. The van der Waals surface area contributed by atoms with Crippen LogP contribution in [0.25, 0.3) is 0 Å². The van der Waals surface area contributed by atoms with Crippen LogP contribution < -0.4 is 0 Å². The topological polar surface area (TPSA) is 0 Å². The van der Waals surface area contributed by atoms with Gasteiger partial charge in [0.2, 0.25) is 0 Å². The van der Waals surface area contributed by atoms with E-state index >= 15 is 0 Å². The van der Waals surface area contributed by atoms with E-state index < -0.39 is 0 Å². The van der Waals surface area contributed by atoms with Crippen molar-refractivity contribution in [1.82, 2.24) is 0 Å². The van der Waals surface area contributed by atoms with Gasteiger partial charge in [-0.2, -0.15) is 11.8 Å². The Balaban J connectivity index is 2.96. The van der Waals surface area contributed by atoms with Gasteiger partial charge in [-0.15, -0.1) is 0 Å². The maximum atomic E-state index is 5.22. The van der Waals surface area contributed by atoms with Crippen molar-refractivity contribution < 1.29 is 0 Å². The highest BCUT2D eigenvalue weighted by Crippen LogP contribution is 2.12. The first-order valence-corrected chi connectivity index (χ1v) is 4.66. The molecule has 0 bridgehead atoms. The largest absolute Gasteiger partial charge is 0.162 e. The molecule has 1 atom stereocenters. The van der Waals surface area contributed by atoms with Gasteiger partial charge >= 0.3 is 0 Å². The SMILES string of the molecule is [CH]=CCCCC(C)SC. The number of hydrogen-bond donors (Lipinski definition) is 0. The summed E-state index contributed by atoms with van der Waals surface area (Å²) in [7, 11) is 0. The maximum absolute atomic E-state index is 5.22. The summed E-state index contributed by atoms with van der Waals surface area (Å²) >= 11 is 1.92. The van der Waals surface area contributed by atoms with E-state index in [1.807, 2.05) is 11.8 Å². The molecule has 1 unspecified atom stereocenters. The third-order valence-electron chi connectivity index (χ3n) is 1.38. The van der Waals surface area contributed by atoms with E-state index in [0.29, 0.717) is 0 Å². The van der Waals surface area contributed by atoms with Crippen LogP contribution in [-0.4, -0.2) is 11.5 Å². The Kier molecular flexibility index (Phi) is 6.28. The van der Waals surface area contributed by atoms with Crippen LogP contribution in [-0.2, 0) is 0 Å². The predicted octanol–water partition coefficient (Wildman–Crippen LogP) is 2.90. The van der Waals surface area contributed by atoms with Crippen LogP contribution >= 0.6 is 11.8 Å². The first kappa shape index (κ1) is 9.09. The highest BCUT2D eigenvalue weighted by atomic mass is 32.2. The van der Waals surface area contributed by atoms with Crippen molar-refractivity contribution in [2.75, 3.05) is 6.26 Å². The fraction of sp³-hybridized carbons (Fsp3) is 0.750. The van der Waals surface area contributed by atoms with Crippen molar-refractivity contribution >= 4 is 11.8 Å². The summed E-state index contributed by atoms with van der Waals surface area (Å²) in [6, 6.07) is 0. The average Bonchev–Trinajstić information content (AvgIpc) is 1.89. The van der Waals surface area contributed by atoms with Crippen molar-refractivity contribution in [1.29, 1.82) is 0 Å². The van der Waals surface area contributed by atoms with E-state index in [-0.39, 0.29) is 0 Å². The van der Waals surface area contributed by atoms with Gasteiger partial charge in [-0.1, -0.05) is 19.6 Å². The van der Waals surface area contributed by atoms with E-state index in [1.54, 1.807) is 6.08 Å². The Morgan fingerprint density at radius 2 is 2.33 bits per heavy atom. The smallest absolute Gasteiger partial charge is 0.00160 e. The molecule has 0 nitrogen and oxygen atoms in total. The third kappa shape index (κ3) is 5.97. The van der Waals surface area contributed by atoms with Crippen molar-refractivity contribution in [3.05, 3.63) is 12.7 Å². The third-order valence-corrected chi connectivity index (χ3v) is 2.42.